The fourth-order valence-electron chi connectivity index (χ4n) is 3.48. The van der Waals surface area contributed by atoms with Gasteiger partial charge in [-0.25, -0.2) is 18.2 Å². The molecule has 9 heteroatoms. The van der Waals surface area contributed by atoms with E-state index in [0.717, 1.165) is 18.5 Å². The number of aromatic carboxylic acids is 1. The summed E-state index contributed by atoms with van der Waals surface area (Å²) in [5.41, 5.74) is 2.45. The first-order chi connectivity index (χ1) is 13.1. The van der Waals surface area contributed by atoms with Crippen molar-refractivity contribution in [1.29, 1.82) is 0 Å². The van der Waals surface area contributed by atoms with E-state index < -0.39 is 16.0 Å². The molecule has 2 heterocycles. The van der Waals surface area contributed by atoms with Gasteiger partial charge >= 0.3 is 5.97 Å². The van der Waals surface area contributed by atoms with Crippen molar-refractivity contribution in [2.75, 3.05) is 40.4 Å². The van der Waals surface area contributed by atoms with E-state index in [4.69, 9.17) is 0 Å². The Balaban J connectivity index is 1.83. The summed E-state index contributed by atoms with van der Waals surface area (Å²) in [6, 6.07) is 9.77. The second-order valence-electron chi connectivity index (χ2n) is 7.10. The Bertz CT molecular complexity index is 993. The minimum Gasteiger partial charge on any atom is -0.478 e. The van der Waals surface area contributed by atoms with Crippen molar-refractivity contribution >= 4 is 33.2 Å². The number of aryl methyl sites for hydroxylation is 1. The zero-order valence-corrected chi connectivity index (χ0v) is 16.9. The number of anilines is 3. The molecule has 2 aromatic rings. The van der Waals surface area contributed by atoms with Crippen LogP contribution in [0, 0.1) is 6.92 Å². The van der Waals surface area contributed by atoms with Crippen LogP contribution in [0.4, 0.5) is 17.2 Å². The molecule has 1 aromatic heterocycles. The molecule has 0 bridgehead atoms. The molecule has 28 heavy (non-hydrogen) atoms. The van der Waals surface area contributed by atoms with Crippen LogP contribution in [-0.2, 0) is 10.0 Å². The Morgan fingerprint density at radius 1 is 1.29 bits per heavy atom. The number of carboxylic acids is 1. The molecule has 0 unspecified atom stereocenters. The van der Waals surface area contributed by atoms with Gasteiger partial charge in [-0.15, -0.1) is 0 Å². The van der Waals surface area contributed by atoms with Gasteiger partial charge in [0, 0.05) is 31.4 Å². The van der Waals surface area contributed by atoms with Gasteiger partial charge in [0.2, 0.25) is 10.0 Å². The fourth-order valence-corrected chi connectivity index (χ4v) is 4.02. The number of carboxylic acid groups (broad SMARTS) is 1. The quantitative estimate of drug-likeness (QED) is 0.787. The summed E-state index contributed by atoms with van der Waals surface area (Å²) in [5, 5.41) is 9.59. The molecule has 1 aliphatic rings. The van der Waals surface area contributed by atoms with Crippen LogP contribution < -0.4 is 14.5 Å². The normalized spacial score (nSPS) is 17.5. The van der Waals surface area contributed by atoms with Gasteiger partial charge < -0.3 is 14.9 Å². The molecule has 0 saturated carbocycles. The molecule has 1 aliphatic heterocycles. The Hall–Kier alpha value is -2.81. The van der Waals surface area contributed by atoms with Crippen molar-refractivity contribution in [2.24, 2.45) is 0 Å². The second-order valence-corrected chi connectivity index (χ2v) is 8.85. The summed E-state index contributed by atoms with van der Waals surface area (Å²) < 4.78 is 25.1. The van der Waals surface area contributed by atoms with Crippen molar-refractivity contribution in [3.8, 4) is 0 Å². The largest absolute Gasteiger partial charge is 0.478 e. The number of aromatic nitrogens is 1. The molecular weight excluding hydrogens is 380 g/mol. The first-order valence-corrected chi connectivity index (χ1v) is 10.8. The number of hydrogen-bond acceptors (Lipinski definition) is 6. The molecular formula is C19H24N4O4S. The number of nitrogens with one attached hydrogen (secondary N) is 1. The molecule has 0 spiro atoms. The third kappa shape index (κ3) is 4.53. The first-order valence-electron chi connectivity index (χ1n) is 8.93. The zero-order chi connectivity index (χ0) is 20.5. The van der Waals surface area contributed by atoms with Crippen LogP contribution >= 0.6 is 0 Å². The van der Waals surface area contributed by atoms with Crippen LogP contribution in [0.2, 0.25) is 0 Å². The number of hydrogen-bond donors (Lipinski definition) is 2. The maximum Gasteiger partial charge on any atom is 0.339 e. The predicted molar refractivity (Wildman–Crippen MR) is 110 cm³/mol. The molecule has 2 N–H and O–H groups in total. The van der Waals surface area contributed by atoms with E-state index in [2.05, 4.69) is 46.7 Å². The minimum atomic E-state index is -3.51. The Morgan fingerprint density at radius 3 is 2.64 bits per heavy atom. The third-order valence-corrected chi connectivity index (χ3v) is 5.27. The molecule has 8 nitrogen and oxygen atoms in total. The average molecular weight is 404 g/mol. The summed E-state index contributed by atoms with van der Waals surface area (Å²) in [6.45, 7) is 6.10. The predicted octanol–water partition coefficient (Wildman–Crippen LogP) is 2.17. The molecule has 150 valence electrons. The van der Waals surface area contributed by atoms with E-state index in [1.165, 1.54) is 17.8 Å². The van der Waals surface area contributed by atoms with E-state index in [1.54, 1.807) is 0 Å². The van der Waals surface area contributed by atoms with Crippen LogP contribution in [0.1, 0.15) is 22.8 Å². The van der Waals surface area contributed by atoms with Crippen LogP contribution in [0.3, 0.4) is 0 Å². The van der Waals surface area contributed by atoms with E-state index in [9.17, 15) is 18.3 Å². The molecule has 0 radical (unpaired) electrons. The summed E-state index contributed by atoms with van der Waals surface area (Å²) in [6.07, 6.45) is 2.36. The van der Waals surface area contributed by atoms with E-state index in [-0.39, 0.29) is 17.3 Å². The highest BCUT2D eigenvalue weighted by Crippen LogP contribution is 2.27. The molecule has 3 rings (SSSR count). The fraction of sp³-hybridized carbons (Fsp3) is 0.368. The zero-order valence-electron chi connectivity index (χ0n) is 16.1. The Morgan fingerprint density at radius 2 is 2.04 bits per heavy atom. The van der Waals surface area contributed by atoms with Crippen molar-refractivity contribution in [3.63, 3.8) is 0 Å². The highest BCUT2D eigenvalue weighted by atomic mass is 32.2. The lowest BCUT2D eigenvalue weighted by Gasteiger charge is -2.42. The average Bonchev–Trinajstić information content (AvgIpc) is 2.60. The van der Waals surface area contributed by atoms with Crippen molar-refractivity contribution in [1.82, 2.24) is 4.98 Å². The van der Waals surface area contributed by atoms with E-state index in [1.807, 2.05) is 11.0 Å². The maximum atomic E-state index is 11.7. The first kappa shape index (κ1) is 19.9. The molecule has 1 atom stereocenters. The highest BCUT2D eigenvalue weighted by molar-refractivity contribution is 7.92. The van der Waals surface area contributed by atoms with Gasteiger partial charge in [-0.05, 0) is 37.6 Å². The topological polar surface area (TPSA) is 103 Å². The molecule has 1 saturated heterocycles. The van der Waals surface area contributed by atoms with Crippen molar-refractivity contribution < 1.29 is 18.3 Å². The number of benzene rings is 1. The van der Waals surface area contributed by atoms with Crippen LogP contribution in [0.15, 0.2) is 36.5 Å². The van der Waals surface area contributed by atoms with Gasteiger partial charge in [0.05, 0.1) is 18.1 Å². The number of carbonyl (C=O) groups is 1. The molecule has 0 amide bonds. The lowest BCUT2D eigenvalue weighted by Crippen LogP contribution is -2.52. The van der Waals surface area contributed by atoms with Gasteiger partial charge in [-0.1, -0.05) is 12.1 Å². The summed E-state index contributed by atoms with van der Waals surface area (Å²) in [7, 11) is -3.51. The highest BCUT2D eigenvalue weighted by Gasteiger charge is 2.28. The Labute approximate surface area is 164 Å². The summed E-state index contributed by atoms with van der Waals surface area (Å²) in [4.78, 5) is 20.2. The van der Waals surface area contributed by atoms with Crippen LogP contribution in [0.5, 0.6) is 0 Å². The third-order valence-electron chi connectivity index (χ3n) is 4.66. The minimum absolute atomic E-state index is 0.0233. The number of piperazine rings is 1. The maximum absolute atomic E-state index is 11.7. The van der Waals surface area contributed by atoms with E-state index >= 15 is 0 Å². The monoisotopic (exact) mass is 404 g/mol. The van der Waals surface area contributed by atoms with Crippen LogP contribution in [-0.4, -0.2) is 56.4 Å². The number of pyridine rings is 1. The van der Waals surface area contributed by atoms with Crippen molar-refractivity contribution in [2.45, 2.75) is 19.9 Å². The van der Waals surface area contributed by atoms with Gasteiger partial charge in [0.1, 0.15) is 11.4 Å². The number of nitrogens with zero attached hydrogens (tertiary/aromatic N) is 3. The summed E-state index contributed by atoms with van der Waals surface area (Å²) in [5.74, 6) is -0.796. The lowest BCUT2D eigenvalue weighted by molar-refractivity contribution is 0.0697. The second kappa shape index (κ2) is 7.67. The standard InChI is InChI=1S/C19H24N4O4S/c1-13-5-4-6-16(9-13)23-8-7-22(12-14(23)2)18-17(19(24)25)10-15(11-20-18)21-28(3,26)27/h4-6,9-11,14,21H,7-8,12H2,1-3H3,(H,24,25)/t14-/m0/s1. The smallest absolute Gasteiger partial charge is 0.339 e. The molecule has 1 aromatic carbocycles. The lowest BCUT2D eigenvalue weighted by atomic mass is 10.1. The van der Waals surface area contributed by atoms with E-state index in [0.29, 0.717) is 18.9 Å². The van der Waals surface area contributed by atoms with Gasteiger partial charge in [-0.3, -0.25) is 4.72 Å². The number of rotatable bonds is 5. The number of sulfonamides is 1. The Kier molecular flexibility index (Phi) is 5.46. The van der Waals surface area contributed by atoms with Gasteiger partial charge in [0.25, 0.3) is 0 Å². The molecule has 1 fully saturated rings. The molecule has 0 aliphatic carbocycles. The van der Waals surface area contributed by atoms with Crippen molar-refractivity contribution in [3.05, 3.63) is 47.7 Å². The van der Waals surface area contributed by atoms with Gasteiger partial charge in [0.15, 0.2) is 0 Å². The summed E-state index contributed by atoms with van der Waals surface area (Å²) >= 11 is 0. The van der Waals surface area contributed by atoms with Gasteiger partial charge in [-0.2, -0.15) is 0 Å². The SMILES string of the molecule is Cc1cccc(N2CCN(c3ncc(NS(C)(=O)=O)cc3C(=O)O)C[C@@H]2C)c1. The van der Waals surface area contributed by atoms with Crippen LogP contribution in [0.25, 0.3) is 0 Å².